The summed E-state index contributed by atoms with van der Waals surface area (Å²) in [6.07, 6.45) is 0. The summed E-state index contributed by atoms with van der Waals surface area (Å²) >= 11 is 2.45. The van der Waals surface area contributed by atoms with E-state index in [1.807, 2.05) is 51.1 Å². The van der Waals surface area contributed by atoms with Crippen molar-refractivity contribution in [1.29, 1.82) is 0 Å². The standard InChI is InChI=1S/C18H19N5O3S2/c1-18(2,3)20-14(24)10-27-17-22-21-16(28-17)19-15(25)12-9-13(26-23-12)11-7-5-4-6-8-11/h4-9H,10H2,1-3H3,(H,20,24)(H,19,21,25). The molecule has 0 spiro atoms. The quantitative estimate of drug-likeness (QED) is 0.467. The molecule has 0 radical (unpaired) electrons. The summed E-state index contributed by atoms with van der Waals surface area (Å²) in [5.74, 6) is 0.200. The van der Waals surface area contributed by atoms with Gasteiger partial charge >= 0.3 is 0 Å². The highest BCUT2D eigenvalue weighted by Gasteiger charge is 2.17. The zero-order chi connectivity index (χ0) is 20.1. The number of carbonyl (C=O) groups excluding carboxylic acids is 2. The van der Waals surface area contributed by atoms with Crippen LogP contribution in [0, 0.1) is 0 Å². The van der Waals surface area contributed by atoms with Crippen LogP contribution in [0.15, 0.2) is 45.3 Å². The second-order valence-corrected chi connectivity index (χ2v) is 9.06. The van der Waals surface area contributed by atoms with Crippen molar-refractivity contribution < 1.29 is 14.1 Å². The molecule has 0 aliphatic heterocycles. The van der Waals surface area contributed by atoms with Gasteiger partial charge in [-0.15, -0.1) is 10.2 Å². The Hall–Kier alpha value is -2.72. The van der Waals surface area contributed by atoms with E-state index in [0.717, 1.165) is 5.56 Å². The number of nitrogens with one attached hydrogen (secondary N) is 2. The highest BCUT2D eigenvalue weighted by Crippen LogP contribution is 2.26. The second kappa shape index (κ2) is 8.53. The van der Waals surface area contributed by atoms with Crippen LogP contribution in [0.25, 0.3) is 11.3 Å². The molecule has 0 aliphatic carbocycles. The van der Waals surface area contributed by atoms with Gasteiger partial charge in [-0.2, -0.15) is 0 Å². The van der Waals surface area contributed by atoms with Crippen molar-refractivity contribution >= 4 is 40.0 Å². The van der Waals surface area contributed by atoms with Crippen LogP contribution < -0.4 is 10.6 Å². The van der Waals surface area contributed by atoms with Gasteiger partial charge in [0.05, 0.1) is 5.75 Å². The maximum absolute atomic E-state index is 12.3. The van der Waals surface area contributed by atoms with Crippen molar-refractivity contribution in [1.82, 2.24) is 20.7 Å². The minimum Gasteiger partial charge on any atom is -0.355 e. The Balaban J connectivity index is 1.56. The van der Waals surface area contributed by atoms with Crippen LogP contribution in [0.1, 0.15) is 31.3 Å². The van der Waals surface area contributed by atoms with Crippen LogP contribution >= 0.6 is 23.1 Å². The van der Waals surface area contributed by atoms with Crippen LogP contribution in [0.2, 0.25) is 0 Å². The van der Waals surface area contributed by atoms with E-state index in [1.165, 1.54) is 23.1 Å². The summed E-state index contributed by atoms with van der Waals surface area (Å²) in [7, 11) is 0. The number of hydrogen-bond donors (Lipinski definition) is 2. The number of benzene rings is 1. The molecule has 0 saturated heterocycles. The molecule has 28 heavy (non-hydrogen) atoms. The summed E-state index contributed by atoms with van der Waals surface area (Å²) in [6.45, 7) is 5.75. The Morgan fingerprint density at radius 2 is 1.93 bits per heavy atom. The number of aromatic nitrogens is 3. The lowest BCUT2D eigenvalue weighted by atomic mass is 10.1. The first kappa shape index (κ1) is 20.0. The molecule has 0 fully saturated rings. The molecule has 0 saturated carbocycles. The minimum atomic E-state index is -0.441. The number of thioether (sulfide) groups is 1. The predicted molar refractivity (Wildman–Crippen MR) is 108 cm³/mol. The first-order valence-electron chi connectivity index (χ1n) is 8.41. The molecular formula is C18H19N5O3S2. The molecule has 0 unspecified atom stereocenters. The summed E-state index contributed by atoms with van der Waals surface area (Å²) in [4.78, 5) is 24.2. The second-order valence-electron chi connectivity index (χ2n) is 6.86. The van der Waals surface area contributed by atoms with E-state index in [9.17, 15) is 9.59 Å². The summed E-state index contributed by atoms with van der Waals surface area (Å²) in [6, 6.07) is 10.9. The van der Waals surface area contributed by atoms with E-state index in [0.29, 0.717) is 15.2 Å². The number of rotatable bonds is 6. The van der Waals surface area contributed by atoms with Gasteiger partial charge in [0.25, 0.3) is 5.91 Å². The fourth-order valence-corrected chi connectivity index (χ4v) is 3.73. The van der Waals surface area contributed by atoms with Gasteiger partial charge < -0.3 is 9.84 Å². The van der Waals surface area contributed by atoms with E-state index in [2.05, 4.69) is 26.0 Å². The van der Waals surface area contributed by atoms with Gasteiger partial charge in [0.1, 0.15) is 0 Å². The van der Waals surface area contributed by atoms with Gasteiger partial charge in [0.2, 0.25) is 11.0 Å². The van der Waals surface area contributed by atoms with E-state index < -0.39 is 5.91 Å². The van der Waals surface area contributed by atoms with Gasteiger partial charge in [-0.3, -0.25) is 14.9 Å². The van der Waals surface area contributed by atoms with Gasteiger partial charge in [0.15, 0.2) is 15.8 Å². The van der Waals surface area contributed by atoms with Gasteiger partial charge in [-0.1, -0.05) is 58.6 Å². The van der Waals surface area contributed by atoms with E-state index >= 15 is 0 Å². The van der Waals surface area contributed by atoms with Crippen molar-refractivity contribution in [2.45, 2.75) is 30.6 Å². The van der Waals surface area contributed by atoms with Gasteiger partial charge in [-0.25, -0.2) is 0 Å². The molecular weight excluding hydrogens is 398 g/mol. The van der Waals surface area contributed by atoms with Crippen LogP contribution in [0.4, 0.5) is 5.13 Å². The average Bonchev–Trinajstić information content (AvgIpc) is 3.29. The van der Waals surface area contributed by atoms with Crippen molar-refractivity contribution in [3.8, 4) is 11.3 Å². The lowest BCUT2D eigenvalue weighted by molar-refractivity contribution is -0.119. The highest BCUT2D eigenvalue weighted by atomic mass is 32.2. The topological polar surface area (TPSA) is 110 Å². The third-order valence-corrected chi connectivity index (χ3v) is 5.24. The number of anilines is 1. The maximum Gasteiger partial charge on any atom is 0.279 e. The summed E-state index contributed by atoms with van der Waals surface area (Å²) < 4.78 is 5.81. The summed E-state index contributed by atoms with van der Waals surface area (Å²) in [5, 5.41) is 17.5. The Labute approximate surface area is 170 Å². The largest absolute Gasteiger partial charge is 0.355 e. The van der Waals surface area contributed by atoms with E-state index in [1.54, 1.807) is 6.07 Å². The fraction of sp³-hybridized carbons (Fsp3) is 0.278. The normalized spacial score (nSPS) is 11.2. The summed E-state index contributed by atoms with van der Waals surface area (Å²) in [5.41, 5.74) is 0.693. The molecule has 2 aromatic heterocycles. The van der Waals surface area contributed by atoms with Crippen molar-refractivity contribution in [2.24, 2.45) is 0 Å². The lowest BCUT2D eigenvalue weighted by Gasteiger charge is -2.19. The Kier molecular flexibility index (Phi) is 6.10. The molecule has 0 aliphatic rings. The van der Waals surface area contributed by atoms with E-state index in [4.69, 9.17) is 4.52 Å². The predicted octanol–water partition coefficient (Wildman–Crippen LogP) is 3.45. The average molecular weight is 418 g/mol. The first-order chi connectivity index (χ1) is 13.3. The lowest BCUT2D eigenvalue weighted by Crippen LogP contribution is -2.41. The van der Waals surface area contributed by atoms with Crippen molar-refractivity contribution in [2.75, 3.05) is 11.1 Å². The molecule has 2 amide bonds. The number of hydrogen-bond acceptors (Lipinski definition) is 8. The molecule has 8 nitrogen and oxygen atoms in total. The van der Waals surface area contributed by atoms with Crippen LogP contribution in [0.3, 0.4) is 0 Å². The molecule has 2 N–H and O–H groups in total. The van der Waals surface area contributed by atoms with Crippen LogP contribution in [0.5, 0.6) is 0 Å². The molecule has 146 valence electrons. The molecule has 3 aromatic rings. The highest BCUT2D eigenvalue weighted by molar-refractivity contribution is 8.01. The molecule has 1 aromatic carbocycles. The maximum atomic E-state index is 12.3. The smallest absolute Gasteiger partial charge is 0.279 e. The van der Waals surface area contributed by atoms with Crippen LogP contribution in [-0.2, 0) is 4.79 Å². The Morgan fingerprint density at radius 3 is 2.64 bits per heavy atom. The minimum absolute atomic E-state index is 0.0886. The Bertz CT molecular complexity index is 963. The number of nitrogens with zero attached hydrogens (tertiary/aromatic N) is 3. The third kappa shape index (κ3) is 5.64. The fourth-order valence-electron chi connectivity index (χ4n) is 2.18. The number of amides is 2. The van der Waals surface area contributed by atoms with E-state index in [-0.39, 0.29) is 22.9 Å². The SMILES string of the molecule is CC(C)(C)NC(=O)CSc1nnc(NC(=O)c2cc(-c3ccccc3)on2)s1. The van der Waals surface area contributed by atoms with Crippen molar-refractivity contribution in [3.63, 3.8) is 0 Å². The first-order valence-corrected chi connectivity index (χ1v) is 10.2. The van der Waals surface area contributed by atoms with Gasteiger partial charge in [0, 0.05) is 17.2 Å². The molecule has 0 bridgehead atoms. The van der Waals surface area contributed by atoms with Crippen LogP contribution in [-0.4, -0.2) is 38.5 Å². The number of carbonyl (C=O) groups is 2. The Morgan fingerprint density at radius 1 is 1.18 bits per heavy atom. The zero-order valence-electron chi connectivity index (χ0n) is 15.6. The molecule has 2 heterocycles. The van der Waals surface area contributed by atoms with Crippen molar-refractivity contribution in [3.05, 3.63) is 42.1 Å². The molecule has 10 heteroatoms. The molecule has 0 atom stereocenters. The zero-order valence-corrected chi connectivity index (χ0v) is 17.2. The van der Waals surface area contributed by atoms with Gasteiger partial charge in [-0.05, 0) is 20.8 Å². The monoisotopic (exact) mass is 417 g/mol. The molecule has 3 rings (SSSR count). The third-order valence-electron chi connectivity index (χ3n) is 3.27.